The minimum absolute atomic E-state index is 0.0633. The number of fused-ring (bicyclic) bond motifs is 1. The first kappa shape index (κ1) is 14.2. The Kier molecular flexibility index (Phi) is 3.84. The maximum absolute atomic E-state index is 10.4. The fourth-order valence-corrected chi connectivity index (χ4v) is 2.40. The van der Waals surface area contributed by atoms with Gasteiger partial charge in [-0.2, -0.15) is 0 Å². The molecule has 2 heteroatoms. The van der Waals surface area contributed by atoms with Crippen LogP contribution in [0.4, 0.5) is 0 Å². The largest absolute Gasteiger partial charge is 0.507 e. The van der Waals surface area contributed by atoms with Crippen molar-refractivity contribution in [2.75, 3.05) is 0 Å². The molecule has 2 nitrogen and oxygen atoms in total. The van der Waals surface area contributed by atoms with Crippen LogP contribution in [-0.4, -0.2) is 10.2 Å². The molecule has 0 heterocycles. The zero-order valence-corrected chi connectivity index (χ0v) is 11.9. The Labute approximate surface area is 119 Å². The van der Waals surface area contributed by atoms with E-state index in [-0.39, 0.29) is 23.3 Å². The molecule has 0 fully saturated rings. The third-order valence-electron chi connectivity index (χ3n) is 3.89. The lowest BCUT2D eigenvalue weighted by molar-refractivity contribution is 0.466. The first-order valence-corrected chi connectivity index (χ1v) is 6.73. The molecule has 2 N–H and O–H groups in total. The van der Waals surface area contributed by atoms with Gasteiger partial charge in [0.15, 0.2) is 0 Å². The third kappa shape index (κ3) is 2.18. The van der Waals surface area contributed by atoms with Gasteiger partial charge >= 0.3 is 0 Å². The molecule has 20 heavy (non-hydrogen) atoms. The summed E-state index contributed by atoms with van der Waals surface area (Å²) in [6.45, 7) is 11.5. The molecule has 0 radical (unpaired) electrons. The maximum atomic E-state index is 10.4. The highest BCUT2D eigenvalue weighted by molar-refractivity contribution is 5.95. The molecule has 0 aliphatic rings. The van der Waals surface area contributed by atoms with Gasteiger partial charge in [0.2, 0.25) is 0 Å². The van der Waals surface area contributed by atoms with Gasteiger partial charge in [-0.15, -0.1) is 13.2 Å². The number of phenolic OH excluding ortho intramolecular Hbond substituents is 2. The van der Waals surface area contributed by atoms with E-state index in [1.54, 1.807) is 12.2 Å². The molecule has 0 aliphatic carbocycles. The molecule has 0 aromatic heterocycles. The average molecular weight is 268 g/mol. The predicted molar refractivity (Wildman–Crippen MR) is 84.5 cm³/mol. The molecule has 2 aromatic rings. The molecule has 2 unspecified atom stereocenters. The van der Waals surface area contributed by atoms with Crippen molar-refractivity contribution in [3.05, 3.63) is 60.7 Å². The van der Waals surface area contributed by atoms with E-state index in [0.717, 1.165) is 11.1 Å². The van der Waals surface area contributed by atoms with E-state index in [4.69, 9.17) is 0 Å². The van der Waals surface area contributed by atoms with Crippen LogP contribution in [-0.2, 0) is 0 Å². The normalized spacial score (nSPS) is 13.9. The first-order chi connectivity index (χ1) is 9.51. The number of allylic oxidation sites excluding steroid dienone is 2. The summed E-state index contributed by atoms with van der Waals surface area (Å²) in [5, 5.41) is 22.1. The quantitative estimate of drug-likeness (QED) is 0.780. The molecule has 2 aromatic carbocycles. The smallest absolute Gasteiger partial charge is 0.127 e. The zero-order valence-electron chi connectivity index (χ0n) is 11.9. The summed E-state index contributed by atoms with van der Waals surface area (Å²) in [5.74, 6) is 0.549. The van der Waals surface area contributed by atoms with Crippen molar-refractivity contribution < 1.29 is 10.2 Å². The highest BCUT2D eigenvalue weighted by Gasteiger charge is 2.16. The van der Waals surface area contributed by atoms with Gasteiger partial charge in [-0.05, 0) is 0 Å². The summed E-state index contributed by atoms with van der Waals surface area (Å²) in [5.41, 5.74) is 1.63. The van der Waals surface area contributed by atoms with E-state index in [1.165, 1.54) is 0 Å². The van der Waals surface area contributed by atoms with Crippen LogP contribution in [0.1, 0.15) is 36.8 Å². The summed E-state index contributed by atoms with van der Waals surface area (Å²) in [6, 6.07) is 7.37. The zero-order chi connectivity index (χ0) is 14.9. The summed E-state index contributed by atoms with van der Waals surface area (Å²) in [6.07, 6.45) is 3.57. The number of hydrogen-bond acceptors (Lipinski definition) is 2. The Balaban J connectivity index is 2.71. The summed E-state index contributed by atoms with van der Waals surface area (Å²) in [4.78, 5) is 0. The van der Waals surface area contributed by atoms with Crippen LogP contribution in [0.2, 0.25) is 0 Å². The summed E-state index contributed by atoms with van der Waals surface area (Å²) >= 11 is 0. The molecule has 0 spiro atoms. The van der Waals surface area contributed by atoms with E-state index in [1.807, 2.05) is 38.1 Å². The van der Waals surface area contributed by atoms with Gasteiger partial charge in [0.25, 0.3) is 0 Å². The molecular formula is C18H20O2. The Morgan fingerprint density at radius 3 is 1.45 bits per heavy atom. The molecule has 0 aliphatic heterocycles. The highest BCUT2D eigenvalue weighted by Crippen LogP contribution is 2.40. The average Bonchev–Trinajstić information content (AvgIpc) is 2.47. The van der Waals surface area contributed by atoms with Crippen LogP contribution >= 0.6 is 0 Å². The predicted octanol–water partition coefficient (Wildman–Crippen LogP) is 4.83. The van der Waals surface area contributed by atoms with E-state index in [2.05, 4.69) is 13.2 Å². The molecule has 0 bridgehead atoms. The topological polar surface area (TPSA) is 40.5 Å². The van der Waals surface area contributed by atoms with Gasteiger partial charge in [-0.25, -0.2) is 0 Å². The Hall–Kier alpha value is -2.22. The third-order valence-corrected chi connectivity index (χ3v) is 3.89. The lowest BCUT2D eigenvalue weighted by Gasteiger charge is -2.15. The van der Waals surface area contributed by atoms with Crippen molar-refractivity contribution in [2.24, 2.45) is 0 Å². The van der Waals surface area contributed by atoms with Gasteiger partial charge in [-0.1, -0.05) is 50.3 Å². The second-order valence-electron chi connectivity index (χ2n) is 5.15. The van der Waals surface area contributed by atoms with Gasteiger partial charge in [-0.3, -0.25) is 0 Å². The molecule has 104 valence electrons. The van der Waals surface area contributed by atoms with Crippen molar-refractivity contribution in [3.63, 3.8) is 0 Å². The number of aromatic hydroxyl groups is 2. The molecule has 0 saturated carbocycles. The minimum Gasteiger partial charge on any atom is -0.507 e. The summed E-state index contributed by atoms with van der Waals surface area (Å²) < 4.78 is 0. The molecule has 0 saturated heterocycles. The Morgan fingerprint density at radius 2 is 1.15 bits per heavy atom. The lowest BCUT2D eigenvalue weighted by atomic mass is 9.92. The Morgan fingerprint density at radius 1 is 0.800 bits per heavy atom. The number of phenols is 2. The molecule has 2 rings (SSSR count). The first-order valence-electron chi connectivity index (χ1n) is 6.73. The van der Waals surface area contributed by atoms with Gasteiger partial charge in [0.1, 0.15) is 11.5 Å². The van der Waals surface area contributed by atoms with Gasteiger partial charge < -0.3 is 10.2 Å². The fraction of sp³-hybridized carbons (Fsp3) is 0.222. The van der Waals surface area contributed by atoms with Crippen molar-refractivity contribution in [1.29, 1.82) is 0 Å². The van der Waals surface area contributed by atoms with Crippen LogP contribution in [0.25, 0.3) is 10.8 Å². The van der Waals surface area contributed by atoms with Crippen LogP contribution < -0.4 is 0 Å². The molecule has 0 amide bonds. The highest BCUT2D eigenvalue weighted by atomic mass is 16.3. The monoisotopic (exact) mass is 268 g/mol. The minimum atomic E-state index is 0.0633. The van der Waals surface area contributed by atoms with Crippen molar-refractivity contribution in [2.45, 2.75) is 25.7 Å². The van der Waals surface area contributed by atoms with Crippen molar-refractivity contribution >= 4 is 10.8 Å². The van der Waals surface area contributed by atoms with Gasteiger partial charge in [0.05, 0.1) is 0 Å². The number of hydrogen-bond donors (Lipinski definition) is 2. The van der Waals surface area contributed by atoms with Crippen LogP contribution in [0.5, 0.6) is 11.5 Å². The van der Waals surface area contributed by atoms with E-state index in [9.17, 15) is 10.2 Å². The number of benzene rings is 2. The van der Waals surface area contributed by atoms with Crippen molar-refractivity contribution in [1.82, 2.24) is 0 Å². The maximum Gasteiger partial charge on any atom is 0.127 e. The SMILES string of the molecule is C=CC(C)c1ccc2c(O)c(C(C)C=C)ccc2c1O. The van der Waals surface area contributed by atoms with Crippen LogP contribution in [0.15, 0.2) is 49.6 Å². The summed E-state index contributed by atoms with van der Waals surface area (Å²) in [7, 11) is 0. The molecule has 2 atom stereocenters. The Bertz CT molecular complexity index is 611. The second kappa shape index (κ2) is 5.41. The standard InChI is InChI=1S/C18H20O2/c1-5-11(3)13-7-9-16-15(17(13)19)10-8-14(18(16)20)12(4)6-2/h5-12,19-20H,1-2H2,3-4H3. The number of rotatable bonds is 4. The van der Waals surface area contributed by atoms with Crippen molar-refractivity contribution in [3.8, 4) is 11.5 Å². The van der Waals surface area contributed by atoms with Crippen LogP contribution in [0.3, 0.4) is 0 Å². The fourth-order valence-electron chi connectivity index (χ4n) is 2.40. The van der Waals surface area contributed by atoms with E-state index < -0.39 is 0 Å². The van der Waals surface area contributed by atoms with Crippen LogP contribution in [0, 0.1) is 0 Å². The lowest BCUT2D eigenvalue weighted by Crippen LogP contribution is -1.93. The van der Waals surface area contributed by atoms with Gasteiger partial charge in [0, 0.05) is 33.7 Å². The molecular weight excluding hydrogens is 248 g/mol. The van der Waals surface area contributed by atoms with E-state index in [0.29, 0.717) is 10.8 Å². The van der Waals surface area contributed by atoms with E-state index >= 15 is 0 Å². The second-order valence-corrected chi connectivity index (χ2v) is 5.15.